The Kier molecular flexibility index (Phi) is 18.4. The number of hydrogen-bond donors (Lipinski definition) is 0. The Hall–Kier alpha value is 0.210. The lowest BCUT2D eigenvalue weighted by Gasteiger charge is -2.06. The van der Waals surface area contributed by atoms with Gasteiger partial charge in [-0.2, -0.15) is 0 Å². The summed E-state index contributed by atoms with van der Waals surface area (Å²) in [6.45, 7) is 5.51. The Balaban J connectivity index is 2.88. The molecule has 19 heavy (non-hydrogen) atoms. The molecule has 0 saturated heterocycles. The van der Waals surface area contributed by atoms with Crippen molar-refractivity contribution in [2.45, 2.75) is 71.1 Å². The second kappa shape index (κ2) is 18.2. The summed E-state index contributed by atoms with van der Waals surface area (Å²) < 4.78 is 11.1. The second-order valence-electron chi connectivity index (χ2n) is 5.10. The molecule has 0 atom stereocenters. The summed E-state index contributed by atoms with van der Waals surface area (Å²) in [5, 5.41) is 0. The van der Waals surface area contributed by atoms with Crippen molar-refractivity contribution >= 4 is 11.6 Å². The van der Waals surface area contributed by atoms with Gasteiger partial charge >= 0.3 is 0 Å². The molecular formula is C16H33ClO2. The van der Waals surface area contributed by atoms with E-state index in [4.69, 9.17) is 21.1 Å². The van der Waals surface area contributed by atoms with E-state index in [1.54, 1.807) is 0 Å². The molecule has 0 fully saturated rings. The minimum absolute atomic E-state index is 0.750. The molecule has 0 heterocycles. The molecule has 0 aliphatic heterocycles. The number of rotatable bonds is 16. The van der Waals surface area contributed by atoms with E-state index in [0.29, 0.717) is 0 Å². The van der Waals surface area contributed by atoms with Crippen molar-refractivity contribution in [2.75, 3.05) is 32.3 Å². The highest BCUT2D eigenvalue weighted by molar-refractivity contribution is 6.17. The SMILES string of the molecule is CCCCCCOCCOCCCCCCCCCl. The lowest BCUT2D eigenvalue weighted by Crippen LogP contribution is -2.06. The fraction of sp³-hybridized carbons (Fsp3) is 1.00. The normalized spacial score (nSPS) is 11.1. The average molecular weight is 293 g/mol. The smallest absolute Gasteiger partial charge is 0.0700 e. The van der Waals surface area contributed by atoms with Crippen LogP contribution in [-0.4, -0.2) is 32.3 Å². The van der Waals surface area contributed by atoms with Crippen LogP contribution in [0.15, 0.2) is 0 Å². The molecule has 0 bridgehead atoms. The number of halogens is 1. The van der Waals surface area contributed by atoms with Crippen molar-refractivity contribution in [3.8, 4) is 0 Å². The first-order valence-corrected chi connectivity index (χ1v) is 8.66. The van der Waals surface area contributed by atoms with Gasteiger partial charge < -0.3 is 9.47 Å². The maximum atomic E-state index is 5.63. The van der Waals surface area contributed by atoms with Crippen LogP contribution < -0.4 is 0 Å². The Bertz CT molecular complexity index is 138. The fourth-order valence-electron chi connectivity index (χ4n) is 1.96. The first-order valence-electron chi connectivity index (χ1n) is 8.13. The molecule has 3 heteroatoms. The van der Waals surface area contributed by atoms with E-state index in [9.17, 15) is 0 Å². The third kappa shape index (κ3) is 18.2. The molecule has 2 nitrogen and oxygen atoms in total. The van der Waals surface area contributed by atoms with Crippen LogP contribution >= 0.6 is 11.6 Å². The molecule has 0 unspecified atom stereocenters. The fourth-order valence-corrected chi connectivity index (χ4v) is 2.15. The minimum Gasteiger partial charge on any atom is -0.379 e. The lowest BCUT2D eigenvalue weighted by atomic mass is 10.1. The summed E-state index contributed by atoms with van der Waals surface area (Å²) >= 11 is 5.63. The van der Waals surface area contributed by atoms with Gasteiger partial charge in [-0.05, 0) is 19.3 Å². The predicted octanol–water partition coefficient (Wildman–Crippen LogP) is 5.18. The molecule has 0 aromatic heterocycles. The topological polar surface area (TPSA) is 18.5 Å². The standard InChI is InChI=1S/C16H33ClO2/c1-2-3-4-10-13-18-15-16-19-14-11-8-6-5-7-9-12-17/h2-16H2,1H3. The quantitative estimate of drug-likeness (QED) is 0.288. The summed E-state index contributed by atoms with van der Waals surface area (Å²) in [5.41, 5.74) is 0. The van der Waals surface area contributed by atoms with Crippen LogP contribution in [0, 0.1) is 0 Å². The van der Waals surface area contributed by atoms with Gasteiger partial charge in [0.25, 0.3) is 0 Å². The zero-order valence-electron chi connectivity index (χ0n) is 12.8. The summed E-state index contributed by atoms with van der Waals surface area (Å²) in [4.78, 5) is 0. The molecule has 0 aliphatic carbocycles. The predicted molar refractivity (Wildman–Crippen MR) is 84.2 cm³/mol. The Morgan fingerprint density at radius 2 is 1.05 bits per heavy atom. The minimum atomic E-state index is 0.750. The molecule has 0 radical (unpaired) electrons. The zero-order chi connectivity index (χ0) is 14.0. The van der Waals surface area contributed by atoms with E-state index < -0.39 is 0 Å². The van der Waals surface area contributed by atoms with Gasteiger partial charge in [0.2, 0.25) is 0 Å². The van der Waals surface area contributed by atoms with Crippen molar-refractivity contribution < 1.29 is 9.47 Å². The summed E-state index contributed by atoms with van der Waals surface area (Å²) in [6.07, 6.45) is 12.6. The highest BCUT2D eigenvalue weighted by Gasteiger charge is 1.93. The Morgan fingerprint density at radius 3 is 1.58 bits per heavy atom. The number of hydrogen-bond acceptors (Lipinski definition) is 2. The summed E-state index contributed by atoms with van der Waals surface area (Å²) in [7, 11) is 0. The van der Waals surface area contributed by atoms with E-state index >= 15 is 0 Å². The maximum absolute atomic E-state index is 5.63. The monoisotopic (exact) mass is 292 g/mol. The van der Waals surface area contributed by atoms with Gasteiger partial charge in [0.05, 0.1) is 13.2 Å². The summed E-state index contributed by atoms with van der Waals surface area (Å²) in [5.74, 6) is 0.807. The third-order valence-corrected chi connectivity index (χ3v) is 3.45. The van der Waals surface area contributed by atoms with Crippen molar-refractivity contribution in [1.29, 1.82) is 0 Å². The van der Waals surface area contributed by atoms with Crippen molar-refractivity contribution in [3.05, 3.63) is 0 Å². The van der Waals surface area contributed by atoms with Gasteiger partial charge in [-0.15, -0.1) is 11.6 Å². The van der Waals surface area contributed by atoms with Gasteiger partial charge in [0, 0.05) is 19.1 Å². The van der Waals surface area contributed by atoms with E-state index in [1.807, 2.05) is 0 Å². The number of alkyl halides is 1. The van der Waals surface area contributed by atoms with Crippen LogP contribution in [0.3, 0.4) is 0 Å². The van der Waals surface area contributed by atoms with Crippen molar-refractivity contribution in [1.82, 2.24) is 0 Å². The average Bonchev–Trinajstić information content (AvgIpc) is 2.43. The van der Waals surface area contributed by atoms with Gasteiger partial charge in [-0.3, -0.25) is 0 Å². The van der Waals surface area contributed by atoms with Gasteiger partial charge in [0.1, 0.15) is 0 Å². The van der Waals surface area contributed by atoms with Crippen LogP contribution in [0.2, 0.25) is 0 Å². The Labute approximate surface area is 125 Å². The van der Waals surface area contributed by atoms with Gasteiger partial charge in [-0.1, -0.05) is 51.9 Å². The van der Waals surface area contributed by atoms with Crippen LogP contribution in [0.1, 0.15) is 71.1 Å². The summed E-state index contributed by atoms with van der Waals surface area (Å²) in [6, 6.07) is 0. The molecule has 0 aromatic carbocycles. The Morgan fingerprint density at radius 1 is 0.579 bits per heavy atom. The number of unbranched alkanes of at least 4 members (excludes halogenated alkanes) is 8. The molecule has 0 spiro atoms. The van der Waals surface area contributed by atoms with Crippen molar-refractivity contribution in [2.24, 2.45) is 0 Å². The molecule has 0 N–H and O–H groups in total. The molecule has 0 amide bonds. The van der Waals surface area contributed by atoms with Crippen molar-refractivity contribution in [3.63, 3.8) is 0 Å². The van der Waals surface area contributed by atoms with Gasteiger partial charge in [-0.25, -0.2) is 0 Å². The third-order valence-electron chi connectivity index (χ3n) is 3.19. The molecule has 0 saturated carbocycles. The van der Waals surface area contributed by atoms with E-state index in [2.05, 4.69) is 6.92 Å². The van der Waals surface area contributed by atoms with Crippen LogP contribution in [0.4, 0.5) is 0 Å². The molecule has 0 aromatic rings. The first-order chi connectivity index (χ1) is 9.41. The maximum Gasteiger partial charge on any atom is 0.0700 e. The highest BCUT2D eigenvalue weighted by atomic mass is 35.5. The van der Waals surface area contributed by atoms with E-state index in [1.165, 1.54) is 57.8 Å². The molecular weight excluding hydrogens is 260 g/mol. The van der Waals surface area contributed by atoms with Gasteiger partial charge in [0.15, 0.2) is 0 Å². The van der Waals surface area contributed by atoms with Crippen LogP contribution in [0.25, 0.3) is 0 Å². The zero-order valence-corrected chi connectivity index (χ0v) is 13.6. The molecule has 0 aliphatic rings. The van der Waals surface area contributed by atoms with Crippen LogP contribution in [0.5, 0.6) is 0 Å². The van der Waals surface area contributed by atoms with E-state index in [-0.39, 0.29) is 0 Å². The first kappa shape index (κ1) is 19.2. The highest BCUT2D eigenvalue weighted by Crippen LogP contribution is 2.06. The second-order valence-corrected chi connectivity index (χ2v) is 5.47. The molecule has 0 rings (SSSR count). The number of ether oxygens (including phenoxy) is 2. The van der Waals surface area contributed by atoms with Crippen LogP contribution in [-0.2, 0) is 9.47 Å². The molecule has 116 valence electrons. The lowest BCUT2D eigenvalue weighted by molar-refractivity contribution is 0.0449. The largest absolute Gasteiger partial charge is 0.379 e. The van der Waals surface area contributed by atoms with E-state index in [0.717, 1.165) is 38.7 Å².